The van der Waals surface area contributed by atoms with Crippen LogP contribution in [-0.2, 0) is 4.79 Å². The van der Waals surface area contributed by atoms with Crippen molar-refractivity contribution in [3.63, 3.8) is 0 Å². The number of ether oxygens (including phenoxy) is 1. The number of hydrogen-bond donors (Lipinski definition) is 0. The van der Waals surface area contributed by atoms with Gasteiger partial charge in [-0.2, -0.15) is 0 Å². The number of benzene rings is 1. The van der Waals surface area contributed by atoms with Crippen molar-refractivity contribution in [3.05, 3.63) is 29.8 Å². The number of para-hydroxylation sites is 1. The Kier molecular flexibility index (Phi) is 4.25. The second-order valence-electron chi connectivity index (χ2n) is 7.62. The lowest BCUT2D eigenvalue weighted by atomic mass is 10.0. The molecule has 0 unspecified atom stereocenters. The van der Waals surface area contributed by atoms with E-state index < -0.39 is 0 Å². The largest absolute Gasteiger partial charge is 0.496 e. The molecule has 24 heavy (non-hydrogen) atoms. The maximum atomic E-state index is 13.1. The molecule has 3 aliphatic rings. The van der Waals surface area contributed by atoms with Crippen molar-refractivity contribution in [2.24, 2.45) is 5.92 Å². The average molecular weight is 328 g/mol. The molecular formula is C20H28N2O2. The highest BCUT2D eigenvalue weighted by Gasteiger charge is 2.49. The van der Waals surface area contributed by atoms with Gasteiger partial charge in [0.2, 0.25) is 5.91 Å². The van der Waals surface area contributed by atoms with Gasteiger partial charge in [0, 0.05) is 24.5 Å². The first-order valence-corrected chi connectivity index (χ1v) is 9.34. The molecule has 2 saturated heterocycles. The molecule has 4 rings (SSSR count). The van der Waals surface area contributed by atoms with Crippen LogP contribution in [0.5, 0.6) is 5.75 Å². The number of rotatable bonds is 4. The van der Waals surface area contributed by atoms with E-state index in [9.17, 15) is 4.79 Å². The SMILES string of the molecule is COc1ccccc1[C@@H]1C[C@@H]1C(=O)N1CCC[C@@H]1[C@@H]1CCCN1C. The van der Waals surface area contributed by atoms with Crippen molar-refractivity contribution in [1.82, 2.24) is 9.80 Å². The Morgan fingerprint density at radius 1 is 1.12 bits per heavy atom. The summed E-state index contributed by atoms with van der Waals surface area (Å²) in [6, 6.07) is 9.16. The Hall–Kier alpha value is -1.55. The molecule has 0 spiro atoms. The molecule has 0 radical (unpaired) electrons. The predicted octanol–water partition coefficient (Wildman–Crippen LogP) is 2.88. The van der Waals surface area contributed by atoms with Gasteiger partial charge < -0.3 is 14.5 Å². The number of likely N-dealkylation sites (tertiary alicyclic amines) is 2. The van der Waals surface area contributed by atoms with E-state index in [1.54, 1.807) is 7.11 Å². The summed E-state index contributed by atoms with van der Waals surface area (Å²) in [6.07, 6.45) is 5.82. The van der Waals surface area contributed by atoms with Crippen LogP contribution in [0, 0.1) is 5.92 Å². The molecule has 2 heterocycles. The molecule has 2 aliphatic heterocycles. The van der Waals surface area contributed by atoms with Crippen LogP contribution < -0.4 is 4.74 Å². The van der Waals surface area contributed by atoms with Gasteiger partial charge in [0.25, 0.3) is 0 Å². The lowest BCUT2D eigenvalue weighted by Crippen LogP contribution is -2.47. The van der Waals surface area contributed by atoms with Gasteiger partial charge in [0.05, 0.1) is 7.11 Å². The first-order valence-electron chi connectivity index (χ1n) is 9.34. The zero-order valence-corrected chi connectivity index (χ0v) is 14.8. The standard InChI is InChI=1S/C20H28N2O2/c1-21-11-5-8-17(21)18-9-6-12-22(18)20(23)16-13-15(16)14-7-3-4-10-19(14)24-2/h3-4,7,10,15-18H,5-6,8-9,11-13H2,1-2H3/t15-,16-,17-,18+/m0/s1. The number of likely N-dealkylation sites (N-methyl/N-ethyl adjacent to an activating group) is 1. The fourth-order valence-corrected chi connectivity index (χ4v) is 4.89. The van der Waals surface area contributed by atoms with Gasteiger partial charge in [-0.15, -0.1) is 0 Å². The third-order valence-electron chi connectivity index (χ3n) is 6.25. The number of nitrogens with zero attached hydrogens (tertiary/aromatic N) is 2. The minimum atomic E-state index is 0.161. The van der Waals surface area contributed by atoms with E-state index in [4.69, 9.17) is 4.74 Å². The average Bonchev–Trinajstić information content (AvgIpc) is 3.04. The molecule has 0 aromatic heterocycles. The highest BCUT2D eigenvalue weighted by Crippen LogP contribution is 2.52. The summed E-state index contributed by atoms with van der Waals surface area (Å²) in [6.45, 7) is 2.12. The molecule has 3 fully saturated rings. The Balaban J connectivity index is 1.46. The van der Waals surface area contributed by atoms with Crippen LogP contribution in [0.15, 0.2) is 24.3 Å². The quantitative estimate of drug-likeness (QED) is 0.852. The summed E-state index contributed by atoms with van der Waals surface area (Å²) in [5.74, 6) is 1.81. The summed E-state index contributed by atoms with van der Waals surface area (Å²) in [7, 11) is 3.93. The number of carbonyl (C=O) groups is 1. The van der Waals surface area contributed by atoms with Crippen LogP contribution in [0.2, 0.25) is 0 Å². The third-order valence-corrected chi connectivity index (χ3v) is 6.25. The predicted molar refractivity (Wildman–Crippen MR) is 94.2 cm³/mol. The van der Waals surface area contributed by atoms with Gasteiger partial charge in [-0.25, -0.2) is 0 Å². The smallest absolute Gasteiger partial charge is 0.226 e. The van der Waals surface area contributed by atoms with Gasteiger partial charge in [-0.3, -0.25) is 4.79 Å². The Morgan fingerprint density at radius 3 is 2.62 bits per heavy atom. The molecule has 1 aromatic rings. The van der Waals surface area contributed by atoms with Crippen molar-refractivity contribution in [2.45, 2.75) is 50.1 Å². The van der Waals surface area contributed by atoms with Gasteiger partial charge in [-0.05, 0) is 63.2 Å². The Labute approximate surface area is 144 Å². The fraction of sp³-hybridized carbons (Fsp3) is 0.650. The van der Waals surface area contributed by atoms with E-state index in [2.05, 4.69) is 22.9 Å². The fourth-order valence-electron chi connectivity index (χ4n) is 4.89. The summed E-state index contributed by atoms with van der Waals surface area (Å²) in [4.78, 5) is 17.8. The van der Waals surface area contributed by atoms with Crippen molar-refractivity contribution in [2.75, 3.05) is 27.2 Å². The number of hydrogen-bond acceptors (Lipinski definition) is 3. The molecule has 4 nitrogen and oxygen atoms in total. The molecule has 4 atom stereocenters. The molecule has 1 amide bonds. The summed E-state index contributed by atoms with van der Waals surface area (Å²) in [5.41, 5.74) is 1.20. The lowest BCUT2D eigenvalue weighted by molar-refractivity contribution is -0.134. The zero-order chi connectivity index (χ0) is 16.7. The number of amides is 1. The van der Waals surface area contributed by atoms with Gasteiger partial charge >= 0.3 is 0 Å². The molecule has 4 heteroatoms. The molecule has 0 N–H and O–H groups in total. The summed E-state index contributed by atoms with van der Waals surface area (Å²) in [5, 5.41) is 0. The molecule has 0 bridgehead atoms. The minimum absolute atomic E-state index is 0.161. The topological polar surface area (TPSA) is 32.8 Å². The van der Waals surface area contributed by atoms with Crippen LogP contribution >= 0.6 is 0 Å². The molecule has 1 aliphatic carbocycles. The lowest BCUT2D eigenvalue weighted by Gasteiger charge is -2.33. The van der Waals surface area contributed by atoms with E-state index in [0.717, 1.165) is 25.1 Å². The van der Waals surface area contributed by atoms with Gasteiger partial charge in [0.15, 0.2) is 0 Å². The number of carbonyl (C=O) groups excluding carboxylic acids is 1. The van der Waals surface area contributed by atoms with Gasteiger partial charge in [0.1, 0.15) is 5.75 Å². The highest BCUT2D eigenvalue weighted by atomic mass is 16.5. The Morgan fingerprint density at radius 2 is 1.88 bits per heavy atom. The van der Waals surface area contributed by atoms with Gasteiger partial charge in [-0.1, -0.05) is 18.2 Å². The van der Waals surface area contributed by atoms with E-state index in [0.29, 0.717) is 23.9 Å². The van der Waals surface area contributed by atoms with E-state index in [1.807, 2.05) is 18.2 Å². The molecule has 1 saturated carbocycles. The zero-order valence-electron chi connectivity index (χ0n) is 14.8. The summed E-state index contributed by atoms with van der Waals surface area (Å²) < 4.78 is 5.49. The normalized spacial score (nSPS) is 33.0. The Bertz CT molecular complexity index is 617. The van der Waals surface area contributed by atoms with Crippen molar-refractivity contribution < 1.29 is 9.53 Å². The summed E-state index contributed by atoms with van der Waals surface area (Å²) >= 11 is 0. The van der Waals surface area contributed by atoms with Crippen LogP contribution in [-0.4, -0.2) is 55.0 Å². The van der Waals surface area contributed by atoms with E-state index in [-0.39, 0.29) is 5.92 Å². The minimum Gasteiger partial charge on any atom is -0.496 e. The van der Waals surface area contributed by atoms with Crippen molar-refractivity contribution in [3.8, 4) is 5.75 Å². The van der Waals surface area contributed by atoms with Crippen LogP contribution in [0.1, 0.15) is 43.6 Å². The van der Waals surface area contributed by atoms with E-state index in [1.165, 1.54) is 31.4 Å². The van der Waals surface area contributed by atoms with Crippen molar-refractivity contribution >= 4 is 5.91 Å². The monoisotopic (exact) mass is 328 g/mol. The molecular weight excluding hydrogens is 300 g/mol. The molecule has 130 valence electrons. The molecule has 1 aromatic carbocycles. The number of methoxy groups -OCH3 is 1. The van der Waals surface area contributed by atoms with Crippen LogP contribution in [0.25, 0.3) is 0 Å². The van der Waals surface area contributed by atoms with Crippen LogP contribution in [0.3, 0.4) is 0 Å². The first kappa shape index (κ1) is 15.9. The highest BCUT2D eigenvalue weighted by molar-refractivity contribution is 5.84. The maximum Gasteiger partial charge on any atom is 0.226 e. The van der Waals surface area contributed by atoms with Crippen molar-refractivity contribution in [1.29, 1.82) is 0 Å². The first-order chi connectivity index (χ1) is 11.7. The third kappa shape index (κ3) is 2.71. The second kappa shape index (κ2) is 6.40. The van der Waals surface area contributed by atoms with E-state index >= 15 is 0 Å². The second-order valence-corrected chi connectivity index (χ2v) is 7.62. The van der Waals surface area contributed by atoms with Crippen LogP contribution in [0.4, 0.5) is 0 Å². The maximum absolute atomic E-state index is 13.1.